The molecule has 6 nitrogen and oxygen atoms in total. The van der Waals surface area contributed by atoms with E-state index in [4.69, 9.17) is 0 Å². The van der Waals surface area contributed by atoms with Crippen LogP contribution in [-0.2, 0) is 14.8 Å². The minimum Gasteiger partial charge on any atom is -0.360 e. The Hall–Kier alpha value is -2.38. The van der Waals surface area contributed by atoms with Gasteiger partial charge in [0.2, 0.25) is 10.0 Å². The first-order chi connectivity index (χ1) is 11.4. The average molecular weight is 345 g/mol. The quantitative estimate of drug-likeness (QED) is 0.797. The number of carbonyl (C=O) groups excluding carboxylic acids is 1. The number of benzene rings is 2. The van der Waals surface area contributed by atoms with Gasteiger partial charge in [-0.25, -0.2) is 8.42 Å². The van der Waals surface area contributed by atoms with Gasteiger partial charge in [0.15, 0.2) is 6.17 Å². The van der Waals surface area contributed by atoms with E-state index in [9.17, 15) is 13.2 Å². The molecule has 0 saturated carbocycles. The predicted octanol–water partition coefficient (Wildman–Crippen LogP) is 2.48. The third-order valence-electron chi connectivity index (χ3n) is 3.86. The van der Waals surface area contributed by atoms with E-state index in [-0.39, 0.29) is 4.90 Å². The van der Waals surface area contributed by atoms with E-state index in [0.717, 1.165) is 0 Å². The highest BCUT2D eigenvalue weighted by atomic mass is 32.2. The third-order valence-corrected chi connectivity index (χ3v) is 5.34. The number of fused-ring (bicyclic) bond motifs is 1. The van der Waals surface area contributed by atoms with Crippen LogP contribution in [0, 0.1) is 0 Å². The van der Waals surface area contributed by atoms with Gasteiger partial charge in [0.1, 0.15) is 4.90 Å². The molecule has 2 aromatic rings. The summed E-state index contributed by atoms with van der Waals surface area (Å²) in [5, 5.41) is 5.62. The molecule has 1 heterocycles. The zero-order valence-electron chi connectivity index (χ0n) is 13.4. The molecule has 0 saturated heterocycles. The summed E-state index contributed by atoms with van der Waals surface area (Å²) in [6, 6.07) is 14.0. The van der Waals surface area contributed by atoms with Gasteiger partial charge in [-0.1, -0.05) is 38.1 Å². The number of nitrogens with one attached hydrogen (secondary N) is 3. The number of amides is 1. The highest BCUT2D eigenvalue weighted by Crippen LogP contribution is 2.25. The molecule has 3 rings (SSSR count). The van der Waals surface area contributed by atoms with Crippen LogP contribution in [0.4, 0.5) is 11.4 Å². The standard InChI is InChI=1S/C17H19N3O3S/c1-11(2)12-7-9-13(10-8-12)18-17(21)16-19-14-5-3-4-6-15(14)24(22,23)20-16/h3-11,16,19-20H,1-2H3,(H,18,21). The van der Waals surface area contributed by atoms with Crippen LogP contribution in [0.2, 0.25) is 0 Å². The molecule has 0 aliphatic carbocycles. The van der Waals surface area contributed by atoms with Crippen molar-refractivity contribution in [3.63, 3.8) is 0 Å². The lowest BCUT2D eigenvalue weighted by atomic mass is 10.0. The van der Waals surface area contributed by atoms with Crippen LogP contribution in [0.25, 0.3) is 0 Å². The van der Waals surface area contributed by atoms with Crippen LogP contribution in [-0.4, -0.2) is 20.5 Å². The van der Waals surface area contributed by atoms with Crippen LogP contribution in [0.1, 0.15) is 25.3 Å². The molecule has 3 N–H and O–H groups in total. The van der Waals surface area contributed by atoms with E-state index in [2.05, 4.69) is 29.2 Å². The molecule has 7 heteroatoms. The molecular formula is C17H19N3O3S. The van der Waals surface area contributed by atoms with Crippen molar-refractivity contribution in [3.8, 4) is 0 Å². The molecular weight excluding hydrogens is 326 g/mol. The van der Waals surface area contributed by atoms with Crippen molar-refractivity contribution < 1.29 is 13.2 Å². The maximum absolute atomic E-state index is 12.4. The Morgan fingerprint density at radius 2 is 1.75 bits per heavy atom. The molecule has 1 aliphatic heterocycles. The summed E-state index contributed by atoms with van der Waals surface area (Å²) < 4.78 is 26.8. The molecule has 2 aromatic carbocycles. The smallest absolute Gasteiger partial charge is 0.262 e. The van der Waals surface area contributed by atoms with Gasteiger partial charge in [0.05, 0.1) is 5.69 Å². The summed E-state index contributed by atoms with van der Waals surface area (Å²) in [5.41, 5.74) is 2.19. The second-order valence-corrected chi connectivity index (χ2v) is 7.64. The largest absolute Gasteiger partial charge is 0.360 e. The summed E-state index contributed by atoms with van der Waals surface area (Å²) in [5.74, 6) is -0.0663. The maximum atomic E-state index is 12.4. The Bertz CT molecular complexity index is 861. The minimum atomic E-state index is -3.72. The Morgan fingerprint density at radius 1 is 1.08 bits per heavy atom. The van der Waals surface area contributed by atoms with Crippen molar-refractivity contribution in [1.82, 2.24) is 4.72 Å². The molecule has 1 unspecified atom stereocenters. The lowest BCUT2D eigenvalue weighted by Gasteiger charge is -2.27. The van der Waals surface area contributed by atoms with E-state index >= 15 is 0 Å². The topological polar surface area (TPSA) is 87.3 Å². The van der Waals surface area contributed by atoms with E-state index in [1.807, 2.05) is 12.1 Å². The van der Waals surface area contributed by atoms with Gasteiger partial charge in [-0.05, 0) is 35.7 Å². The second-order valence-electron chi connectivity index (χ2n) is 5.96. The van der Waals surface area contributed by atoms with Crippen molar-refractivity contribution in [1.29, 1.82) is 0 Å². The molecule has 1 amide bonds. The lowest BCUT2D eigenvalue weighted by Crippen LogP contribution is -2.51. The fourth-order valence-electron chi connectivity index (χ4n) is 2.51. The summed E-state index contributed by atoms with van der Waals surface area (Å²) >= 11 is 0. The fraction of sp³-hybridized carbons (Fsp3) is 0.235. The third kappa shape index (κ3) is 3.27. The van der Waals surface area contributed by atoms with Gasteiger partial charge in [0.25, 0.3) is 5.91 Å². The molecule has 0 bridgehead atoms. The SMILES string of the molecule is CC(C)c1ccc(NC(=O)C2Nc3ccccc3S(=O)(=O)N2)cc1. The van der Waals surface area contributed by atoms with Crippen LogP contribution in [0.5, 0.6) is 0 Å². The van der Waals surface area contributed by atoms with Crippen molar-refractivity contribution in [2.24, 2.45) is 0 Å². The zero-order chi connectivity index (χ0) is 17.3. The van der Waals surface area contributed by atoms with E-state index in [1.165, 1.54) is 11.6 Å². The van der Waals surface area contributed by atoms with Gasteiger partial charge in [-0.2, -0.15) is 4.72 Å². The summed E-state index contributed by atoms with van der Waals surface area (Å²) in [4.78, 5) is 12.5. The fourth-order valence-corrected chi connectivity index (χ4v) is 3.79. The summed E-state index contributed by atoms with van der Waals surface area (Å²) in [6.45, 7) is 4.18. The van der Waals surface area contributed by atoms with Crippen molar-refractivity contribution in [2.45, 2.75) is 30.8 Å². The van der Waals surface area contributed by atoms with Crippen LogP contribution < -0.4 is 15.4 Å². The van der Waals surface area contributed by atoms with Crippen molar-refractivity contribution >= 4 is 27.3 Å². The second kappa shape index (κ2) is 6.26. The maximum Gasteiger partial charge on any atom is 0.262 e. The average Bonchev–Trinajstić information content (AvgIpc) is 2.54. The number of para-hydroxylation sites is 1. The molecule has 0 spiro atoms. The van der Waals surface area contributed by atoms with E-state index in [1.54, 1.807) is 30.3 Å². The van der Waals surface area contributed by atoms with E-state index < -0.39 is 22.1 Å². The van der Waals surface area contributed by atoms with Gasteiger partial charge >= 0.3 is 0 Å². The van der Waals surface area contributed by atoms with Gasteiger partial charge in [-0.3, -0.25) is 4.79 Å². The van der Waals surface area contributed by atoms with Gasteiger partial charge in [0, 0.05) is 5.69 Å². The molecule has 126 valence electrons. The normalized spacial score (nSPS) is 18.5. The van der Waals surface area contributed by atoms with Gasteiger partial charge in [-0.15, -0.1) is 0 Å². The van der Waals surface area contributed by atoms with E-state index in [0.29, 0.717) is 17.3 Å². The Morgan fingerprint density at radius 3 is 2.42 bits per heavy atom. The minimum absolute atomic E-state index is 0.135. The van der Waals surface area contributed by atoms with Gasteiger partial charge < -0.3 is 10.6 Å². The Balaban J connectivity index is 1.77. The first kappa shape index (κ1) is 16.5. The first-order valence-corrected chi connectivity index (χ1v) is 9.14. The number of hydrogen-bond acceptors (Lipinski definition) is 4. The van der Waals surface area contributed by atoms with Crippen molar-refractivity contribution in [3.05, 3.63) is 54.1 Å². The number of rotatable bonds is 3. The first-order valence-electron chi connectivity index (χ1n) is 7.65. The highest BCUT2D eigenvalue weighted by molar-refractivity contribution is 7.89. The van der Waals surface area contributed by atoms with Crippen molar-refractivity contribution in [2.75, 3.05) is 10.6 Å². The lowest BCUT2D eigenvalue weighted by molar-refractivity contribution is -0.117. The Kier molecular flexibility index (Phi) is 4.29. The summed E-state index contributed by atoms with van der Waals surface area (Å²) in [6.07, 6.45) is -1.06. The molecule has 0 radical (unpaired) electrons. The Labute approximate surface area is 141 Å². The van der Waals surface area contributed by atoms with Crippen LogP contribution in [0.3, 0.4) is 0 Å². The molecule has 24 heavy (non-hydrogen) atoms. The number of sulfonamides is 1. The molecule has 1 atom stereocenters. The monoisotopic (exact) mass is 345 g/mol. The number of carbonyl (C=O) groups is 1. The van der Waals surface area contributed by atoms with Crippen LogP contribution in [0.15, 0.2) is 53.4 Å². The highest BCUT2D eigenvalue weighted by Gasteiger charge is 2.32. The molecule has 1 aliphatic rings. The van der Waals surface area contributed by atoms with Crippen LogP contribution >= 0.6 is 0 Å². The number of hydrogen-bond donors (Lipinski definition) is 3. The number of anilines is 2. The molecule has 0 fully saturated rings. The summed E-state index contributed by atoms with van der Waals surface area (Å²) in [7, 11) is -3.72. The molecule has 0 aromatic heterocycles. The predicted molar refractivity (Wildman–Crippen MR) is 93.3 cm³/mol. The zero-order valence-corrected chi connectivity index (χ0v) is 14.2.